The molecule has 2 aromatic heterocycles. The van der Waals surface area contributed by atoms with Crippen LogP contribution in [0.5, 0.6) is 5.75 Å². The first-order valence-corrected chi connectivity index (χ1v) is 9.28. The lowest BCUT2D eigenvalue weighted by atomic mass is 10.2. The first-order chi connectivity index (χ1) is 13.9. The van der Waals surface area contributed by atoms with E-state index in [0.29, 0.717) is 16.4 Å². The Kier molecular flexibility index (Phi) is 6.32. The highest BCUT2D eigenvalue weighted by Crippen LogP contribution is 2.35. The number of hydrogen-bond donors (Lipinski definition) is 1. The lowest BCUT2D eigenvalue weighted by Gasteiger charge is -2.13. The molecule has 0 aliphatic heterocycles. The van der Waals surface area contributed by atoms with E-state index in [1.54, 1.807) is 30.5 Å². The Hall–Kier alpha value is -3.14. The largest absolute Gasteiger partial charge is 0.495 e. The van der Waals surface area contributed by atoms with Gasteiger partial charge in [0.2, 0.25) is 5.91 Å². The molecule has 3 aromatic rings. The van der Waals surface area contributed by atoms with E-state index in [-0.39, 0.29) is 17.2 Å². The number of alkyl halides is 3. The number of aromatic nitrogens is 3. The lowest BCUT2D eigenvalue weighted by molar-refractivity contribution is -0.137. The molecule has 0 aliphatic rings. The van der Waals surface area contributed by atoms with E-state index in [0.717, 1.165) is 30.0 Å². The van der Waals surface area contributed by atoms with Gasteiger partial charge in [0, 0.05) is 6.20 Å². The van der Waals surface area contributed by atoms with Gasteiger partial charge in [-0.2, -0.15) is 13.2 Å². The molecule has 0 atom stereocenters. The average Bonchev–Trinajstić information content (AvgIpc) is 2.72. The molecule has 1 amide bonds. The van der Waals surface area contributed by atoms with Crippen molar-refractivity contribution >= 4 is 23.4 Å². The van der Waals surface area contributed by atoms with Gasteiger partial charge in [-0.1, -0.05) is 17.8 Å². The van der Waals surface area contributed by atoms with Gasteiger partial charge in [-0.3, -0.25) is 9.78 Å². The predicted molar refractivity (Wildman–Crippen MR) is 103 cm³/mol. The number of pyridine rings is 1. The van der Waals surface area contributed by atoms with Crippen molar-refractivity contribution in [2.75, 3.05) is 18.2 Å². The van der Waals surface area contributed by atoms with Gasteiger partial charge in [0.05, 0.1) is 29.8 Å². The number of anilines is 1. The van der Waals surface area contributed by atoms with Crippen LogP contribution in [-0.4, -0.2) is 34.0 Å². The summed E-state index contributed by atoms with van der Waals surface area (Å²) in [5.41, 5.74) is 0.334. The van der Waals surface area contributed by atoms with E-state index in [2.05, 4.69) is 20.5 Å². The van der Waals surface area contributed by atoms with Gasteiger partial charge in [0.1, 0.15) is 16.5 Å². The van der Waals surface area contributed by atoms with Crippen molar-refractivity contribution in [2.45, 2.75) is 11.2 Å². The van der Waals surface area contributed by atoms with Crippen molar-refractivity contribution in [3.8, 4) is 17.1 Å². The number of carbonyl (C=O) groups excluding carboxylic acids is 1. The normalized spacial score (nSPS) is 11.2. The Balaban J connectivity index is 1.63. The highest BCUT2D eigenvalue weighted by atomic mass is 32.2. The molecule has 0 spiro atoms. The second-order valence-electron chi connectivity index (χ2n) is 5.72. The Bertz CT molecular complexity index is 983. The zero-order chi connectivity index (χ0) is 20.9. The second-order valence-corrected chi connectivity index (χ2v) is 6.72. The number of nitrogens with one attached hydrogen (secondary N) is 1. The monoisotopic (exact) mass is 420 g/mol. The van der Waals surface area contributed by atoms with Crippen LogP contribution < -0.4 is 10.1 Å². The van der Waals surface area contributed by atoms with E-state index in [1.165, 1.54) is 7.11 Å². The summed E-state index contributed by atoms with van der Waals surface area (Å²) in [6, 6.07) is 11.7. The van der Waals surface area contributed by atoms with E-state index >= 15 is 0 Å². The molecule has 0 fully saturated rings. The summed E-state index contributed by atoms with van der Waals surface area (Å²) in [4.78, 5) is 16.4. The maximum absolute atomic E-state index is 12.9. The Labute approximate surface area is 168 Å². The number of nitrogens with zero attached hydrogens (tertiary/aromatic N) is 3. The molecule has 0 aliphatic carbocycles. The molecule has 1 N–H and O–H groups in total. The van der Waals surface area contributed by atoms with Gasteiger partial charge in [0.15, 0.2) is 0 Å². The topological polar surface area (TPSA) is 77.0 Å². The molecule has 1 aromatic carbocycles. The smallest absolute Gasteiger partial charge is 0.416 e. The summed E-state index contributed by atoms with van der Waals surface area (Å²) < 4.78 is 43.7. The first kappa shape index (κ1) is 20.6. The number of halogens is 3. The summed E-state index contributed by atoms with van der Waals surface area (Å²) >= 11 is 1.11. The minimum Gasteiger partial charge on any atom is -0.495 e. The number of methoxy groups -OCH3 is 1. The summed E-state index contributed by atoms with van der Waals surface area (Å²) in [5.74, 6) is -0.420. The fourth-order valence-electron chi connectivity index (χ4n) is 2.36. The maximum Gasteiger partial charge on any atom is 0.416 e. The molecule has 0 radical (unpaired) electrons. The molecule has 2 heterocycles. The number of hydrogen-bond acceptors (Lipinski definition) is 6. The lowest BCUT2D eigenvalue weighted by Crippen LogP contribution is -2.16. The minimum atomic E-state index is -4.52. The number of ether oxygens (including phenoxy) is 1. The zero-order valence-corrected chi connectivity index (χ0v) is 15.9. The van der Waals surface area contributed by atoms with Crippen molar-refractivity contribution in [3.63, 3.8) is 0 Å². The van der Waals surface area contributed by atoms with Crippen LogP contribution in [0.25, 0.3) is 11.4 Å². The molecule has 10 heteroatoms. The molecule has 0 saturated carbocycles. The molecular formula is C19H15F3N4O2S. The van der Waals surface area contributed by atoms with Crippen LogP contribution in [0.1, 0.15) is 5.56 Å². The Morgan fingerprint density at radius 2 is 1.93 bits per heavy atom. The van der Waals surface area contributed by atoms with Crippen LogP contribution in [0, 0.1) is 0 Å². The minimum absolute atomic E-state index is 0.0514. The maximum atomic E-state index is 12.9. The van der Waals surface area contributed by atoms with E-state index in [4.69, 9.17) is 4.74 Å². The van der Waals surface area contributed by atoms with Gasteiger partial charge in [-0.25, -0.2) is 0 Å². The third kappa shape index (κ3) is 5.44. The number of rotatable bonds is 6. The van der Waals surface area contributed by atoms with E-state index < -0.39 is 17.6 Å². The predicted octanol–water partition coefficient (Wildman–Crippen LogP) is 4.30. The summed E-state index contributed by atoms with van der Waals surface area (Å²) in [6.45, 7) is 0. The van der Waals surface area contributed by atoms with Gasteiger partial charge >= 0.3 is 6.18 Å². The molecule has 6 nitrogen and oxygen atoms in total. The first-order valence-electron chi connectivity index (χ1n) is 8.30. The van der Waals surface area contributed by atoms with Crippen molar-refractivity contribution in [1.29, 1.82) is 0 Å². The van der Waals surface area contributed by atoms with Crippen LogP contribution in [0.15, 0.2) is 59.8 Å². The quantitative estimate of drug-likeness (QED) is 0.600. The third-order valence-corrected chi connectivity index (χ3v) is 4.64. The fourth-order valence-corrected chi connectivity index (χ4v) is 2.97. The van der Waals surface area contributed by atoms with Crippen LogP contribution >= 0.6 is 11.8 Å². The highest BCUT2D eigenvalue weighted by molar-refractivity contribution is 7.99. The molecule has 3 rings (SSSR count). The summed E-state index contributed by atoms with van der Waals surface area (Å²) in [7, 11) is 1.31. The van der Waals surface area contributed by atoms with E-state index in [1.807, 2.05) is 6.07 Å². The fraction of sp³-hybridized carbons (Fsp3) is 0.158. The van der Waals surface area contributed by atoms with Gasteiger partial charge < -0.3 is 10.1 Å². The van der Waals surface area contributed by atoms with Crippen molar-refractivity contribution in [3.05, 3.63) is 60.3 Å². The van der Waals surface area contributed by atoms with Crippen molar-refractivity contribution in [2.24, 2.45) is 0 Å². The Morgan fingerprint density at radius 3 is 2.55 bits per heavy atom. The van der Waals surface area contributed by atoms with Crippen LogP contribution in [0.2, 0.25) is 0 Å². The number of amides is 1. The standard InChI is InChI=1S/C19H15F3N4O2S/c1-28-16-7-5-12(19(20,21)22)10-15(16)24-17(27)11-29-18-8-6-14(25-26-18)13-4-2-3-9-23-13/h2-10H,11H2,1H3,(H,24,27). The molecule has 29 heavy (non-hydrogen) atoms. The van der Waals surface area contributed by atoms with Crippen molar-refractivity contribution in [1.82, 2.24) is 15.2 Å². The van der Waals surface area contributed by atoms with Crippen LogP contribution in [-0.2, 0) is 11.0 Å². The molecule has 0 bridgehead atoms. The van der Waals surface area contributed by atoms with Gasteiger partial charge in [-0.05, 0) is 42.5 Å². The SMILES string of the molecule is COc1ccc(C(F)(F)F)cc1NC(=O)CSc1ccc(-c2ccccn2)nn1. The van der Waals surface area contributed by atoms with Gasteiger partial charge in [0.25, 0.3) is 0 Å². The second kappa shape index (κ2) is 8.91. The third-order valence-electron chi connectivity index (χ3n) is 3.72. The van der Waals surface area contributed by atoms with Gasteiger partial charge in [-0.15, -0.1) is 10.2 Å². The average molecular weight is 420 g/mol. The van der Waals surface area contributed by atoms with Crippen LogP contribution in [0.3, 0.4) is 0 Å². The van der Waals surface area contributed by atoms with Crippen molar-refractivity contribution < 1.29 is 22.7 Å². The molecular weight excluding hydrogens is 405 g/mol. The molecule has 150 valence electrons. The number of thioether (sulfide) groups is 1. The summed E-state index contributed by atoms with van der Waals surface area (Å²) in [6.07, 6.45) is -2.88. The number of carbonyl (C=O) groups is 1. The van der Waals surface area contributed by atoms with Crippen LogP contribution in [0.4, 0.5) is 18.9 Å². The number of benzene rings is 1. The molecule has 0 unspecified atom stereocenters. The highest BCUT2D eigenvalue weighted by Gasteiger charge is 2.31. The molecule has 0 saturated heterocycles. The summed E-state index contributed by atoms with van der Waals surface area (Å²) in [5, 5.41) is 11.0. The van der Waals surface area contributed by atoms with E-state index in [9.17, 15) is 18.0 Å². The Morgan fingerprint density at radius 1 is 1.10 bits per heavy atom. The zero-order valence-electron chi connectivity index (χ0n) is 15.1.